The lowest BCUT2D eigenvalue weighted by Crippen LogP contribution is -2.59. The number of carbonyl (C=O) groups is 2. The highest BCUT2D eigenvalue weighted by Crippen LogP contribution is 2.45. The van der Waals surface area contributed by atoms with Gasteiger partial charge in [0.25, 0.3) is 0 Å². The predicted octanol–water partition coefficient (Wildman–Crippen LogP) is 4.55. The van der Waals surface area contributed by atoms with Crippen molar-refractivity contribution in [2.45, 2.75) is 38.8 Å². The van der Waals surface area contributed by atoms with Crippen LogP contribution in [0.5, 0.6) is 0 Å². The minimum absolute atomic E-state index is 0.121. The first-order chi connectivity index (χ1) is 17.2. The minimum Gasteiger partial charge on any atom is -0.480 e. The maximum absolute atomic E-state index is 13.0. The fraction of sp³-hybridized carbons (Fsp3) is 0.207. The Bertz CT molecular complexity index is 1460. The monoisotopic (exact) mass is 480 g/mol. The van der Waals surface area contributed by atoms with E-state index in [4.69, 9.17) is 10.7 Å². The van der Waals surface area contributed by atoms with Crippen molar-refractivity contribution in [3.05, 3.63) is 101 Å². The Labute approximate surface area is 209 Å². The molecule has 1 aliphatic rings. The van der Waals surface area contributed by atoms with Gasteiger partial charge in [-0.2, -0.15) is 0 Å². The van der Waals surface area contributed by atoms with Crippen LogP contribution in [0.25, 0.3) is 17.1 Å². The summed E-state index contributed by atoms with van der Waals surface area (Å²) in [5, 5.41) is 10.3. The second kappa shape index (κ2) is 8.68. The van der Waals surface area contributed by atoms with E-state index in [0.717, 1.165) is 28.1 Å². The molecule has 0 fully saturated rings. The fourth-order valence-electron chi connectivity index (χ4n) is 5.36. The molecule has 1 amide bonds. The second-order valence-electron chi connectivity index (χ2n) is 9.36. The van der Waals surface area contributed by atoms with Gasteiger partial charge in [-0.25, -0.2) is 9.78 Å². The van der Waals surface area contributed by atoms with Crippen LogP contribution in [0, 0.1) is 6.92 Å². The van der Waals surface area contributed by atoms with Gasteiger partial charge in [-0.3, -0.25) is 9.36 Å². The standard InChI is InChI=1S/C29H28N4O3/c1-18-16-22(14-15-23(18)30)32-24-17-25(28(35)36)33(19(2)34)29(3,21-12-8-5-9-13-21)26(24)31-27(32)20-10-6-4-7-11-20/h4-16,25H,17,30H2,1-3H3,(H,35,36). The number of benzene rings is 3. The van der Waals surface area contributed by atoms with Crippen LogP contribution < -0.4 is 5.73 Å². The molecule has 0 aliphatic carbocycles. The molecule has 2 atom stereocenters. The van der Waals surface area contributed by atoms with Gasteiger partial charge in [0.1, 0.15) is 17.4 Å². The van der Waals surface area contributed by atoms with Crippen molar-refractivity contribution in [2.24, 2.45) is 0 Å². The molecule has 0 spiro atoms. The van der Waals surface area contributed by atoms with E-state index in [0.29, 0.717) is 17.2 Å². The Balaban J connectivity index is 1.89. The third-order valence-corrected chi connectivity index (χ3v) is 7.12. The highest BCUT2D eigenvalue weighted by molar-refractivity contribution is 5.85. The van der Waals surface area contributed by atoms with Crippen molar-refractivity contribution in [1.29, 1.82) is 0 Å². The van der Waals surface area contributed by atoms with Crippen LogP contribution in [0.15, 0.2) is 78.9 Å². The van der Waals surface area contributed by atoms with E-state index in [-0.39, 0.29) is 12.3 Å². The lowest BCUT2D eigenvalue weighted by atomic mass is 9.79. The average molecular weight is 481 g/mol. The van der Waals surface area contributed by atoms with Gasteiger partial charge in [-0.15, -0.1) is 0 Å². The van der Waals surface area contributed by atoms with Crippen molar-refractivity contribution < 1.29 is 14.7 Å². The quantitative estimate of drug-likeness (QED) is 0.417. The predicted molar refractivity (Wildman–Crippen MR) is 139 cm³/mol. The summed E-state index contributed by atoms with van der Waals surface area (Å²) < 4.78 is 2.02. The number of amides is 1. The molecule has 1 aliphatic heterocycles. The molecular weight excluding hydrogens is 452 g/mol. The first-order valence-electron chi connectivity index (χ1n) is 11.9. The van der Waals surface area contributed by atoms with Crippen LogP contribution in [0.2, 0.25) is 0 Å². The van der Waals surface area contributed by atoms with Gasteiger partial charge in [0.2, 0.25) is 5.91 Å². The molecule has 0 radical (unpaired) electrons. The zero-order chi connectivity index (χ0) is 25.6. The number of carbonyl (C=O) groups excluding carboxylic acids is 1. The Morgan fingerprint density at radius 3 is 2.25 bits per heavy atom. The number of aliphatic carboxylic acids is 1. The lowest BCUT2D eigenvalue weighted by molar-refractivity contribution is -0.155. The second-order valence-corrected chi connectivity index (χ2v) is 9.36. The number of nitrogens with two attached hydrogens (primary N) is 1. The SMILES string of the molecule is CC(=O)N1C(C(=O)O)Cc2c(nc(-c3ccccc3)n2-c2ccc(N)c(C)c2)C1(C)c1ccccc1. The Hall–Kier alpha value is -4.39. The molecule has 3 N–H and O–H groups in total. The lowest BCUT2D eigenvalue weighted by Gasteiger charge is -2.47. The van der Waals surface area contributed by atoms with Crippen LogP contribution in [-0.2, 0) is 21.5 Å². The van der Waals surface area contributed by atoms with Gasteiger partial charge in [0.15, 0.2) is 0 Å². The van der Waals surface area contributed by atoms with Gasteiger partial charge in [0.05, 0.1) is 11.4 Å². The normalized spacial score (nSPS) is 19.1. The van der Waals surface area contributed by atoms with Crippen molar-refractivity contribution in [2.75, 3.05) is 5.73 Å². The molecule has 1 aromatic heterocycles. The highest BCUT2D eigenvalue weighted by Gasteiger charge is 2.51. The highest BCUT2D eigenvalue weighted by atomic mass is 16.4. The number of nitrogen functional groups attached to an aromatic ring is 1. The maximum atomic E-state index is 13.0. The van der Waals surface area contributed by atoms with Crippen LogP contribution >= 0.6 is 0 Å². The summed E-state index contributed by atoms with van der Waals surface area (Å²) in [4.78, 5) is 32.2. The Morgan fingerprint density at radius 2 is 1.67 bits per heavy atom. The molecule has 2 heterocycles. The molecule has 2 unspecified atom stereocenters. The third-order valence-electron chi connectivity index (χ3n) is 7.12. The van der Waals surface area contributed by atoms with Crippen molar-refractivity contribution in [3.8, 4) is 17.1 Å². The van der Waals surface area contributed by atoms with Crippen molar-refractivity contribution in [1.82, 2.24) is 14.5 Å². The molecule has 7 nitrogen and oxygen atoms in total. The van der Waals surface area contributed by atoms with E-state index in [1.54, 1.807) is 0 Å². The molecular formula is C29H28N4O3. The Morgan fingerprint density at radius 1 is 1.03 bits per heavy atom. The first kappa shape index (κ1) is 23.4. The summed E-state index contributed by atoms with van der Waals surface area (Å²) in [5.74, 6) is -0.694. The molecule has 5 rings (SSSR count). The third kappa shape index (κ3) is 3.55. The number of carboxylic acids is 1. The molecule has 7 heteroatoms. The van der Waals surface area contributed by atoms with E-state index in [2.05, 4.69) is 0 Å². The van der Waals surface area contributed by atoms with E-state index in [1.165, 1.54) is 11.8 Å². The number of nitrogens with zero attached hydrogens (tertiary/aromatic N) is 3. The summed E-state index contributed by atoms with van der Waals surface area (Å²) >= 11 is 0. The van der Waals surface area contributed by atoms with E-state index < -0.39 is 17.6 Å². The van der Waals surface area contributed by atoms with Gasteiger partial charge in [-0.1, -0.05) is 60.7 Å². The Kier molecular flexibility index (Phi) is 5.63. The van der Waals surface area contributed by atoms with Crippen molar-refractivity contribution >= 4 is 17.6 Å². The summed E-state index contributed by atoms with van der Waals surface area (Å²) in [6.07, 6.45) is 0.121. The minimum atomic E-state index is -1.10. The summed E-state index contributed by atoms with van der Waals surface area (Å²) in [5.41, 5.74) is 10.5. The molecule has 4 aromatic rings. The molecule has 182 valence electrons. The zero-order valence-corrected chi connectivity index (χ0v) is 20.5. The number of rotatable bonds is 4. The van der Waals surface area contributed by atoms with Gasteiger partial charge < -0.3 is 15.7 Å². The molecule has 0 bridgehead atoms. The van der Waals surface area contributed by atoms with E-state index >= 15 is 0 Å². The summed E-state index contributed by atoms with van der Waals surface area (Å²) in [6, 6.07) is 24.0. The average Bonchev–Trinajstić information content (AvgIpc) is 3.26. The number of carboxylic acid groups (broad SMARTS) is 1. The van der Waals surface area contributed by atoms with Crippen LogP contribution in [-0.4, -0.2) is 37.5 Å². The fourth-order valence-corrected chi connectivity index (χ4v) is 5.36. The number of anilines is 1. The van der Waals surface area contributed by atoms with Gasteiger partial charge >= 0.3 is 5.97 Å². The first-order valence-corrected chi connectivity index (χ1v) is 11.9. The molecule has 36 heavy (non-hydrogen) atoms. The number of fused-ring (bicyclic) bond motifs is 1. The zero-order valence-electron chi connectivity index (χ0n) is 20.5. The number of hydrogen-bond donors (Lipinski definition) is 2. The van der Waals surface area contributed by atoms with Gasteiger partial charge in [0, 0.05) is 30.3 Å². The molecule has 3 aromatic carbocycles. The molecule has 0 saturated carbocycles. The number of hydrogen-bond acceptors (Lipinski definition) is 4. The molecule has 0 saturated heterocycles. The summed E-state index contributed by atoms with van der Waals surface area (Å²) in [7, 11) is 0. The maximum Gasteiger partial charge on any atom is 0.326 e. The smallest absolute Gasteiger partial charge is 0.326 e. The number of aromatic nitrogens is 2. The van der Waals surface area contributed by atoms with Crippen LogP contribution in [0.1, 0.15) is 36.4 Å². The van der Waals surface area contributed by atoms with E-state index in [9.17, 15) is 14.7 Å². The van der Waals surface area contributed by atoms with Crippen LogP contribution in [0.4, 0.5) is 5.69 Å². The number of imidazole rings is 1. The topological polar surface area (TPSA) is 101 Å². The summed E-state index contributed by atoms with van der Waals surface area (Å²) in [6.45, 7) is 5.24. The number of aryl methyl sites for hydroxylation is 1. The van der Waals surface area contributed by atoms with E-state index in [1.807, 2.05) is 97.3 Å². The van der Waals surface area contributed by atoms with Gasteiger partial charge in [-0.05, 0) is 43.2 Å². The van der Waals surface area contributed by atoms with Crippen LogP contribution in [0.3, 0.4) is 0 Å². The van der Waals surface area contributed by atoms with Crippen molar-refractivity contribution in [3.63, 3.8) is 0 Å². The largest absolute Gasteiger partial charge is 0.480 e.